The van der Waals surface area contributed by atoms with E-state index in [-0.39, 0.29) is 11.9 Å². The minimum atomic E-state index is -3.30. The molecule has 2 aromatic rings. The maximum absolute atomic E-state index is 12.5. The largest absolute Gasteiger partial charge is 0.345 e. The number of anilines is 1. The highest BCUT2D eigenvalue weighted by Gasteiger charge is 2.29. The lowest BCUT2D eigenvalue weighted by Gasteiger charge is -2.34. The van der Waals surface area contributed by atoms with Gasteiger partial charge in [0.2, 0.25) is 15.9 Å². The molecular formula is C21H23BrN2O3S. The van der Waals surface area contributed by atoms with Gasteiger partial charge in [0.1, 0.15) is 0 Å². The number of benzene rings is 2. The van der Waals surface area contributed by atoms with Crippen LogP contribution in [-0.4, -0.2) is 20.6 Å². The van der Waals surface area contributed by atoms with E-state index in [9.17, 15) is 13.2 Å². The van der Waals surface area contributed by atoms with Gasteiger partial charge in [0.25, 0.3) is 0 Å². The van der Waals surface area contributed by atoms with Crippen molar-refractivity contribution in [1.29, 1.82) is 0 Å². The molecule has 1 atom stereocenters. The SMILES string of the molecule is CS(=O)(=O)Nc1ccc(C=CC(=O)NC(c2ccc(Br)cc2)C2CCC2)cc1. The number of hydrogen-bond acceptors (Lipinski definition) is 3. The van der Waals surface area contributed by atoms with Crippen molar-refractivity contribution in [3.63, 3.8) is 0 Å². The van der Waals surface area contributed by atoms with Gasteiger partial charge in [0.05, 0.1) is 12.3 Å². The smallest absolute Gasteiger partial charge is 0.244 e. The number of nitrogens with one attached hydrogen (secondary N) is 2. The number of sulfonamides is 1. The Balaban J connectivity index is 1.64. The molecule has 2 aromatic carbocycles. The van der Waals surface area contributed by atoms with Crippen LogP contribution in [-0.2, 0) is 14.8 Å². The first-order chi connectivity index (χ1) is 13.3. The zero-order valence-electron chi connectivity index (χ0n) is 15.6. The van der Waals surface area contributed by atoms with Gasteiger partial charge < -0.3 is 5.32 Å². The van der Waals surface area contributed by atoms with Crippen LogP contribution in [0, 0.1) is 5.92 Å². The molecule has 0 bridgehead atoms. The summed E-state index contributed by atoms with van der Waals surface area (Å²) in [6, 6.07) is 14.9. The van der Waals surface area contributed by atoms with E-state index in [1.807, 2.05) is 24.3 Å². The number of amides is 1. The molecule has 1 saturated carbocycles. The zero-order chi connectivity index (χ0) is 20.1. The van der Waals surface area contributed by atoms with Crippen molar-refractivity contribution in [3.05, 3.63) is 70.2 Å². The van der Waals surface area contributed by atoms with Gasteiger partial charge in [-0.1, -0.05) is 46.6 Å². The molecule has 0 aliphatic heterocycles. The van der Waals surface area contributed by atoms with E-state index in [0.717, 1.165) is 34.7 Å². The summed E-state index contributed by atoms with van der Waals surface area (Å²) >= 11 is 3.45. The number of hydrogen-bond donors (Lipinski definition) is 2. The molecular weight excluding hydrogens is 440 g/mol. The summed E-state index contributed by atoms with van der Waals surface area (Å²) in [6.45, 7) is 0. The van der Waals surface area contributed by atoms with E-state index in [2.05, 4.69) is 26.0 Å². The van der Waals surface area contributed by atoms with Gasteiger partial charge in [-0.2, -0.15) is 0 Å². The van der Waals surface area contributed by atoms with Crippen molar-refractivity contribution in [1.82, 2.24) is 5.32 Å². The van der Waals surface area contributed by atoms with Gasteiger partial charge in [-0.05, 0) is 60.2 Å². The summed E-state index contributed by atoms with van der Waals surface area (Å²) in [5.74, 6) is 0.332. The number of carbonyl (C=O) groups is 1. The summed E-state index contributed by atoms with van der Waals surface area (Å²) in [7, 11) is -3.30. The van der Waals surface area contributed by atoms with E-state index in [1.165, 1.54) is 12.5 Å². The molecule has 1 aliphatic carbocycles. The van der Waals surface area contributed by atoms with Gasteiger partial charge in [-0.3, -0.25) is 9.52 Å². The second-order valence-corrected chi connectivity index (χ2v) is 9.72. The average molecular weight is 463 g/mol. The Bertz CT molecular complexity index is 950. The Morgan fingerprint density at radius 1 is 1.11 bits per heavy atom. The molecule has 7 heteroatoms. The Labute approximate surface area is 174 Å². The van der Waals surface area contributed by atoms with Crippen molar-refractivity contribution in [2.24, 2.45) is 5.92 Å². The molecule has 3 rings (SSSR count). The summed E-state index contributed by atoms with van der Waals surface area (Å²) in [5.41, 5.74) is 2.42. The Hall–Kier alpha value is -2.12. The fourth-order valence-corrected chi connectivity index (χ4v) is 3.99. The van der Waals surface area contributed by atoms with Crippen LogP contribution >= 0.6 is 15.9 Å². The molecule has 0 heterocycles. The lowest BCUT2D eigenvalue weighted by Crippen LogP contribution is -2.35. The summed E-state index contributed by atoms with van der Waals surface area (Å²) < 4.78 is 25.9. The van der Waals surface area contributed by atoms with Crippen molar-refractivity contribution < 1.29 is 13.2 Å². The standard InChI is InChI=1S/C21H23BrN2O3S/c1-28(26,27)24-19-12-5-15(6-13-19)7-14-20(25)23-21(16-3-2-4-16)17-8-10-18(22)11-9-17/h5-14,16,21,24H,2-4H2,1H3,(H,23,25). The van der Waals surface area contributed by atoms with Crippen LogP contribution in [0.15, 0.2) is 59.1 Å². The van der Waals surface area contributed by atoms with Crippen LogP contribution < -0.4 is 10.0 Å². The third-order valence-corrected chi connectivity index (χ3v) is 5.92. The third-order valence-electron chi connectivity index (χ3n) is 4.79. The number of rotatable bonds is 7. The zero-order valence-corrected chi connectivity index (χ0v) is 18.0. The van der Waals surface area contributed by atoms with Gasteiger partial charge in [-0.15, -0.1) is 0 Å². The van der Waals surface area contributed by atoms with E-state index >= 15 is 0 Å². The first-order valence-electron chi connectivity index (χ1n) is 9.12. The second-order valence-electron chi connectivity index (χ2n) is 7.06. The maximum atomic E-state index is 12.5. The molecule has 0 spiro atoms. The predicted octanol–water partition coefficient (Wildman–Crippen LogP) is 4.49. The Morgan fingerprint density at radius 2 is 1.75 bits per heavy atom. The minimum Gasteiger partial charge on any atom is -0.345 e. The molecule has 2 N–H and O–H groups in total. The molecule has 1 amide bonds. The second kappa shape index (κ2) is 8.92. The van der Waals surface area contributed by atoms with E-state index in [0.29, 0.717) is 11.6 Å². The first kappa shape index (κ1) is 20.6. The van der Waals surface area contributed by atoms with Crippen molar-refractivity contribution in [2.75, 3.05) is 11.0 Å². The summed E-state index contributed by atoms with van der Waals surface area (Å²) in [6.07, 6.45) is 7.80. The lowest BCUT2D eigenvalue weighted by atomic mass is 9.77. The van der Waals surface area contributed by atoms with Crippen LogP contribution in [0.4, 0.5) is 5.69 Å². The molecule has 1 unspecified atom stereocenters. The van der Waals surface area contributed by atoms with E-state index in [1.54, 1.807) is 30.3 Å². The van der Waals surface area contributed by atoms with Crippen LogP contribution in [0.1, 0.15) is 36.4 Å². The van der Waals surface area contributed by atoms with Crippen molar-refractivity contribution in [2.45, 2.75) is 25.3 Å². The third kappa shape index (κ3) is 5.94. The number of carbonyl (C=O) groups excluding carboxylic acids is 1. The highest BCUT2D eigenvalue weighted by atomic mass is 79.9. The molecule has 1 fully saturated rings. The normalized spacial score (nSPS) is 15.8. The summed E-state index contributed by atoms with van der Waals surface area (Å²) in [5, 5.41) is 3.13. The molecule has 0 saturated heterocycles. The Kier molecular flexibility index (Phi) is 6.57. The average Bonchev–Trinajstić information content (AvgIpc) is 2.58. The molecule has 0 aromatic heterocycles. The van der Waals surface area contributed by atoms with Crippen molar-refractivity contribution in [3.8, 4) is 0 Å². The quantitative estimate of drug-likeness (QED) is 0.595. The fourth-order valence-electron chi connectivity index (χ4n) is 3.17. The van der Waals surface area contributed by atoms with Gasteiger partial charge >= 0.3 is 0 Å². The van der Waals surface area contributed by atoms with Crippen LogP contribution in [0.5, 0.6) is 0 Å². The summed E-state index contributed by atoms with van der Waals surface area (Å²) in [4.78, 5) is 12.5. The van der Waals surface area contributed by atoms with E-state index in [4.69, 9.17) is 0 Å². The topological polar surface area (TPSA) is 75.3 Å². The first-order valence-corrected chi connectivity index (χ1v) is 11.8. The van der Waals surface area contributed by atoms with E-state index < -0.39 is 10.0 Å². The van der Waals surface area contributed by atoms with Crippen LogP contribution in [0.3, 0.4) is 0 Å². The maximum Gasteiger partial charge on any atom is 0.244 e. The predicted molar refractivity (Wildman–Crippen MR) is 116 cm³/mol. The number of halogens is 1. The molecule has 1 aliphatic rings. The minimum absolute atomic E-state index is 0.0142. The van der Waals surface area contributed by atoms with Gasteiger partial charge in [-0.25, -0.2) is 8.42 Å². The lowest BCUT2D eigenvalue weighted by molar-refractivity contribution is -0.117. The Morgan fingerprint density at radius 3 is 2.29 bits per heavy atom. The monoisotopic (exact) mass is 462 g/mol. The molecule has 148 valence electrons. The van der Waals surface area contributed by atoms with Crippen LogP contribution in [0.2, 0.25) is 0 Å². The highest BCUT2D eigenvalue weighted by Crippen LogP contribution is 2.38. The van der Waals surface area contributed by atoms with Gasteiger partial charge in [0.15, 0.2) is 0 Å². The molecule has 5 nitrogen and oxygen atoms in total. The van der Waals surface area contributed by atoms with Gasteiger partial charge in [0, 0.05) is 16.2 Å². The molecule has 28 heavy (non-hydrogen) atoms. The highest BCUT2D eigenvalue weighted by molar-refractivity contribution is 9.10. The fraction of sp³-hybridized carbons (Fsp3) is 0.286. The van der Waals surface area contributed by atoms with Crippen molar-refractivity contribution >= 4 is 43.6 Å². The van der Waals surface area contributed by atoms with Crippen LogP contribution in [0.25, 0.3) is 6.08 Å². The molecule has 0 radical (unpaired) electrons.